The van der Waals surface area contributed by atoms with Gasteiger partial charge >= 0.3 is 0 Å². The van der Waals surface area contributed by atoms with Gasteiger partial charge in [-0.2, -0.15) is 5.10 Å². The molecule has 1 aliphatic heterocycles. The van der Waals surface area contributed by atoms with E-state index < -0.39 is 0 Å². The standard InChI is InChI=1S/C21H23N5OS/c1-12-15(11-23-26-12)18-9-17-19(28-18)21(27)25-20(24-17)16-8-7-14(10-22-16)13-5-3-2-4-6-13/h2-5,9,11,13-14,16,22H,6-8,10H2,1H3,(H,23,26)(H,24,25,27)/t13?,14-,16-/m0/s1. The van der Waals surface area contributed by atoms with Crippen molar-refractivity contribution in [2.45, 2.75) is 32.2 Å². The predicted octanol–water partition coefficient (Wildman–Crippen LogP) is 3.86. The Bertz CT molecular complexity index is 1110. The summed E-state index contributed by atoms with van der Waals surface area (Å²) in [7, 11) is 0. The summed E-state index contributed by atoms with van der Waals surface area (Å²) < 4.78 is 0.673. The summed E-state index contributed by atoms with van der Waals surface area (Å²) >= 11 is 1.47. The number of aromatic amines is 2. The van der Waals surface area contributed by atoms with Gasteiger partial charge in [-0.3, -0.25) is 9.89 Å². The molecule has 5 rings (SSSR count). The van der Waals surface area contributed by atoms with Crippen molar-refractivity contribution in [1.29, 1.82) is 0 Å². The second-order valence-electron chi connectivity index (χ2n) is 7.70. The Morgan fingerprint density at radius 3 is 2.89 bits per heavy atom. The van der Waals surface area contributed by atoms with E-state index in [-0.39, 0.29) is 11.6 Å². The maximum Gasteiger partial charge on any atom is 0.268 e. The van der Waals surface area contributed by atoms with Crippen molar-refractivity contribution in [2.24, 2.45) is 11.8 Å². The zero-order chi connectivity index (χ0) is 19.1. The van der Waals surface area contributed by atoms with Crippen molar-refractivity contribution in [2.75, 3.05) is 6.54 Å². The Morgan fingerprint density at radius 2 is 2.18 bits per heavy atom. The maximum atomic E-state index is 12.7. The summed E-state index contributed by atoms with van der Waals surface area (Å²) in [6.45, 7) is 2.94. The zero-order valence-corrected chi connectivity index (χ0v) is 16.6. The van der Waals surface area contributed by atoms with E-state index in [0.29, 0.717) is 16.5 Å². The van der Waals surface area contributed by atoms with E-state index in [1.165, 1.54) is 11.3 Å². The number of thiophene rings is 1. The Kier molecular flexibility index (Phi) is 4.49. The first kappa shape index (κ1) is 17.6. The molecule has 1 saturated heterocycles. The largest absolute Gasteiger partial charge is 0.308 e. The summed E-state index contributed by atoms with van der Waals surface area (Å²) in [5.41, 5.74) is 2.73. The Hall–Kier alpha value is -2.51. The number of H-pyrrole nitrogens is 2. The van der Waals surface area contributed by atoms with Gasteiger partial charge in [-0.25, -0.2) is 4.98 Å². The van der Waals surface area contributed by atoms with Gasteiger partial charge in [0.05, 0.1) is 17.8 Å². The van der Waals surface area contributed by atoms with Crippen LogP contribution in [0.25, 0.3) is 20.7 Å². The van der Waals surface area contributed by atoms with Crippen LogP contribution >= 0.6 is 11.3 Å². The average Bonchev–Trinajstić information content (AvgIpc) is 3.35. The lowest BCUT2D eigenvalue weighted by Gasteiger charge is -2.33. The van der Waals surface area contributed by atoms with Crippen LogP contribution in [-0.4, -0.2) is 26.7 Å². The molecule has 1 aliphatic carbocycles. The zero-order valence-electron chi connectivity index (χ0n) is 15.7. The smallest absolute Gasteiger partial charge is 0.268 e. The molecule has 0 spiro atoms. The second kappa shape index (κ2) is 7.14. The summed E-state index contributed by atoms with van der Waals surface area (Å²) in [5, 5.41) is 10.7. The molecule has 0 amide bonds. The molecule has 0 saturated carbocycles. The number of rotatable bonds is 3. The van der Waals surface area contributed by atoms with Crippen molar-refractivity contribution >= 4 is 21.6 Å². The molecule has 7 heteroatoms. The first-order valence-electron chi connectivity index (χ1n) is 9.80. The second-order valence-corrected chi connectivity index (χ2v) is 8.75. The molecule has 2 aliphatic rings. The highest BCUT2D eigenvalue weighted by atomic mass is 32.1. The maximum absolute atomic E-state index is 12.7. The van der Waals surface area contributed by atoms with Gasteiger partial charge < -0.3 is 10.3 Å². The molecule has 144 valence electrons. The Morgan fingerprint density at radius 1 is 1.25 bits per heavy atom. The molecule has 3 N–H and O–H groups in total. The molecule has 3 aromatic heterocycles. The third-order valence-corrected chi connectivity index (χ3v) is 7.05. The molecule has 1 fully saturated rings. The monoisotopic (exact) mass is 393 g/mol. The van der Waals surface area contributed by atoms with Crippen LogP contribution in [0.4, 0.5) is 0 Å². The van der Waals surface area contributed by atoms with Crippen molar-refractivity contribution in [3.05, 3.63) is 58.4 Å². The van der Waals surface area contributed by atoms with Gasteiger partial charge in [0.25, 0.3) is 5.56 Å². The highest BCUT2D eigenvalue weighted by Gasteiger charge is 2.28. The molecule has 4 heterocycles. The van der Waals surface area contributed by atoms with Gasteiger partial charge in [0.2, 0.25) is 0 Å². The third kappa shape index (κ3) is 3.14. The minimum atomic E-state index is -0.0540. The fourth-order valence-corrected chi connectivity index (χ4v) is 5.34. The first-order chi connectivity index (χ1) is 13.7. The number of fused-ring (bicyclic) bond motifs is 1. The fourth-order valence-electron chi connectivity index (χ4n) is 4.28. The summed E-state index contributed by atoms with van der Waals surface area (Å²) in [4.78, 5) is 21.5. The quantitative estimate of drug-likeness (QED) is 0.631. The highest BCUT2D eigenvalue weighted by molar-refractivity contribution is 7.22. The Labute approximate surface area is 166 Å². The van der Waals surface area contributed by atoms with E-state index in [2.05, 4.69) is 44.8 Å². The number of allylic oxidation sites excluding steroid dienone is 4. The van der Waals surface area contributed by atoms with E-state index in [1.807, 2.05) is 13.0 Å². The number of nitrogens with one attached hydrogen (secondary N) is 3. The minimum absolute atomic E-state index is 0.0540. The summed E-state index contributed by atoms with van der Waals surface area (Å²) in [5.74, 6) is 2.01. The highest BCUT2D eigenvalue weighted by Crippen LogP contribution is 2.34. The van der Waals surface area contributed by atoms with Crippen LogP contribution in [0, 0.1) is 18.8 Å². The van der Waals surface area contributed by atoms with Gasteiger partial charge in [-0.05, 0) is 50.6 Å². The Balaban J connectivity index is 1.38. The molecule has 3 aromatic rings. The number of hydrogen-bond donors (Lipinski definition) is 3. The number of aromatic nitrogens is 4. The molecule has 3 atom stereocenters. The van der Waals surface area contributed by atoms with Gasteiger partial charge in [-0.15, -0.1) is 11.3 Å². The number of hydrogen-bond acceptors (Lipinski definition) is 5. The fraction of sp³-hybridized carbons (Fsp3) is 0.381. The van der Waals surface area contributed by atoms with Gasteiger partial charge in [0.1, 0.15) is 10.5 Å². The van der Waals surface area contributed by atoms with E-state index in [0.717, 1.165) is 53.3 Å². The SMILES string of the molecule is Cc1[nH]ncc1-c1cc2nc([C@@H]3CC[C@H](C4C=CC=CC4)CN3)[nH]c(=O)c2s1. The molecular formula is C21H23N5OS. The van der Waals surface area contributed by atoms with E-state index in [9.17, 15) is 4.79 Å². The molecular weight excluding hydrogens is 370 g/mol. The normalized spacial score (nSPS) is 24.8. The summed E-state index contributed by atoms with van der Waals surface area (Å²) in [6.07, 6.45) is 13.9. The topological polar surface area (TPSA) is 86.5 Å². The van der Waals surface area contributed by atoms with Crippen LogP contribution in [0.15, 0.2) is 41.4 Å². The van der Waals surface area contributed by atoms with Crippen LogP contribution in [0.2, 0.25) is 0 Å². The van der Waals surface area contributed by atoms with E-state index in [1.54, 1.807) is 6.20 Å². The molecule has 6 nitrogen and oxygen atoms in total. The molecule has 0 radical (unpaired) electrons. The van der Waals surface area contributed by atoms with Crippen LogP contribution in [-0.2, 0) is 0 Å². The van der Waals surface area contributed by atoms with Crippen molar-refractivity contribution in [1.82, 2.24) is 25.5 Å². The van der Waals surface area contributed by atoms with Crippen LogP contribution < -0.4 is 10.9 Å². The molecule has 1 unspecified atom stereocenters. The number of piperidine rings is 1. The van der Waals surface area contributed by atoms with Crippen LogP contribution in [0.1, 0.15) is 36.8 Å². The molecule has 0 aromatic carbocycles. The van der Waals surface area contributed by atoms with Crippen LogP contribution in [0.3, 0.4) is 0 Å². The van der Waals surface area contributed by atoms with Crippen LogP contribution in [0.5, 0.6) is 0 Å². The minimum Gasteiger partial charge on any atom is -0.308 e. The third-order valence-electron chi connectivity index (χ3n) is 5.90. The van der Waals surface area contributed by atoms with E-state index in [4.69, 9.17) is 4.98 Å². The van der Waals surface area contributed by atoms with Gasteiger partial charge in [0.15, 0.2) is 0 Å². The number of nitrogens with zero attached hydrogens (tertiary/aromatic N) is 2. The molecule has 0 bridgehead atoms. The van der Waals surface area contributed by atoms with Gasteiger partial charge in [0, 0.05) is 16.1 Å². The number of aryl methyl sites for hydroxylation is 1. The predicted molar refractivity (Wildman–Crippen MR) is 112 cm³/mol. The van der Waals surface area contributed by atoms with Gasteiger partial charge in [-0.1, -0.05) is 24.3 Å². The molecule has 28 heavy (non-hydrogen) atoms. The van der Waals surface area contributed by atoms with Crippen molar-refractivity contribution < 1.29 is 0 Å². The lowest BCUT2D eigenvalue weighted by atomic mass is 9.81. The lowest BCUT2D eigenvalue weighted by molar-refractivity contribution is 0.256. The summed E-state index contributed by atoms with van der Waals surface area (Å²) in [6, 6.07) is 2.11. The van der Waals surface area contributed by atoms with Crippen molar-refractivity contribution in [3.8, 4) is 10.4 Å². The average molecular weight is 394 g/mol. The van der Waals surface area contributed by atoms with Crippen molar-refractivity contribution in [3.63, 3.8) is 0 Å². The lowest BCUT2D eigenvalue weighted by Crippen LogP contribution is -2.37. The van der Waals surface area contributed by atoms with E-state index >= 15 is 0 Å². The first-order valence-corrected chi connectivity index (χ1v) is 10.6.